The number of nitrogens with zero attached hydrogens (tertiary/aromatic N) is 3. The van der Waals surface area contributed by atoms with Gasteiger partial charge in [-0.2, -0.15) is 0 Å². The first-order chi connectivity index (χ1) is 15.7. The fourth-order valence-corrected chi connectivity index (χ4v) is 3.69. The Balaban J connectivity index is 1.80. The van der Waals surface area contributed by atoms with Gasteiger partial charge in [0, 0.05) is 49.2 Å². The van der Waals surface area contributed by atoms with Crippen LogP contribution >= 0.6 is 0 Å². The number of hydrogen-bond acceptors (Lipinski definition) is 10. The van der Waals surface area contributed by atoms with Crippen molar-refractivity contribution >= 4 is 33.1 Å². The number of rotatable bonds is 6. The Morgan fingerprint density at radius 2 is 1.79 bits per heavy atom. The molecule has 0 saturated heterocycles. The van der Waals surface area contributed by atoms with Crippen LogP contribution in [-0.2, 0) is 14.6 Å². The number of hydrogen-bond donors (Lipinski definition) is 2. The van der Waals surface area contributed by atoms with Gasteiger partial charge in [-0.05, 0) is 0 Å². The molecule has 1 aliphatic heterocycles. The van der Waals surface area contributed by atoms with Gasteiger partial charge in [0.25, 0.3) is 0 Å². The van der Waals surface area contributed by atoms with E-state index in [2.05, 4.69) is 25.6 Å². The molecule has 0 radical (unpaired) electrons. The van der Waals surface area contributed by atoms with Crippen molar-refractivity contribution in [2.24, 2.45) is 0 Å². The topological polar surface area (TPSA) is 142 Å². The van der Waals surface area contributed by atoms with Crippen molar-refractivity contribution < 1.29 is 27.4 Å². The molecule has 0 unspecified atom stereocenters. The van der Waals surface area contributed by atoms with E-state index in [0.717, 1.165) is 6.26 Å². The minimum absolute atomic E-state index is 0.153. The molecular formula is C21H21N5O6S. The molecule has 2 N–H and O–H groups in total. The highest BCUT2D eigenvalue weighted by atomic mass is 32.2. The Morgan fingerprint density at radius 1 is 1.03 bits per heavy atom. The van der Waals surface area contributed by atoms with Gasteiger partial charge in [0.2, 0.25) is 5.91 Å². The predicted octanol–water partition coefficient (Wildman–Crippen LogP) is 2.42. The molecule has 0 saturated carbocycles. The molecule has 172 valence electrons. The number of anilines is 3. The van der Waals surface area contributed by atoms with Gasteiger partial charge >= 0.3 is 0 Å². The first-order valence-corrected chi connectivity index (χ1v) is 11.7. The first-order valence-electron chi connectivity index (χ1n) is 9.80. The highest BCUT2D eigenvalue weighted by Gasteiger charge is 2.18. The summed E-state index contributed by atoms with van der Waals surface area (Å²) in [6.07, 6.45) is 4.15. The number of fused-ring (bicyclic) bond motifs is 1. The highest BCUT2D eigenvalue weighted by Crippen LogP contribution is 2.36. The molecule has 0 spiro atoms. The van der Waals surface area contributed by atoms with E-state index in [1.807, 2.05) is 0 Å². The third kappa shape index (κ3) is 5.12. The second-order valence-electron chi connectivity index (χ2n) is 7.14. The van der Waals surface area contributed by atoms with Crippen LogP contribution in [0, 0.1) is 0 Å². The smallest absolute Gasteiger partial charge is 0.222 e. The van der Waals surface area contributed by atoms with E-state index < -0.39 is 9.84 Å². The molecule has 3 aromatic heterocycles. The Labute approximate surface area is 190 Å². The summed E-state index contributed by atoms with van der Waals surface area (Å²) >= 11 is 0. The quantitative estimate of drug-likeness (QED) is 0.550. The van der Waals surface area contributed by atoms with Crippen molar-refractivity contribution in [2.75, 3.05) is 37.2 Å². The summed E-state index contributed by atoms with van der Waals surface area (Å²) in [7, 11) is -2.16. The van der Waals surface area contributed by atoms with Crippen LogP contribution in [0.5, 0.6) is 17.2 Å². The summed E-state index contributed by atoms with van der Waals surface area (Å²) in [5.41, 5.74) is 1.56. The molecule has 1 aliphatic rings. The van der Waals surface area contributed by atoms with Crippen molar-refractivity contribution in [3.8, 4) is 28.5 Å². The summed E-state index contributed by atoms with van der Waals surface area (Å²) in [5, 5.41) is 5.56. The molecule has 4 heterocycles. The lowest BCUT2D eigenvalue weighted by atomic mass is 10.1. The van der Waals surface area contributed by atoms with E-state index >= 15 is 0 Å². The van der Waals surface area contributed by atoms with Gasteiger partial charge in [0.1, 0.15) is 30.6 Å². The normalized spacial score (nSPS) is 12.7. The molecule has 12 heteroatoms. The fourth-order valence-electron chi connectivity index (χ4n) is 3.10. The third-order valence-corrected chi connectivity index (χ3v) is 5.54. The van der Waals surface area contributed by atoms with Crippen LogP contribution in [0.25, 0.3) is 11.3 Å². The molecule has 4 rings (SSSR count). The van der Waals surface area contributed by atoms with Crippen LogP contribution in [-0.4, -0.2) is 55.9 Å². The summed E-state index contributed by atoms with van der Waals surface area (Å²) in [4.78, 5) is 24.4. The third-order valence-electron chi connectivity index (χ3n) is 4.57. The minimum atomic E-state index is -3.59. The van der Waals surface area contributed by atoms with Crippen LogP contribution in [0.2, 0.25) is 0 Å². The Hall–Kier alpha value is -3.93. The Bertz CT molecular complexity index is 1330. The van der Waals surface area contributed by atoms with E-state index in [4.69, 9.17) is 14.2 Å². The zero-order valence-electron chi connectivity index (χ0n) is 18.1. The largest absolute Gasteiger partial charge is 0.497 e. The predicted molar refractivity (Wildman–Crippen MR) is 120 cm³/mol. The van der Waals surface area contributed by atoms with Crippen molar-refractivity contribution in [3.05, 3.63) is 36.7 Å². The molecule has 1 amide bonds. The number of pyridine rings is 3. The molecule has 0 aromatic carbocycles. The molecule has 0 bridgehead atoms. The zero-order chi connectivity index (χ0) is 23.6. The van der Waals surface area contributed by atoms with Gasteiger partial charge in [-0.3, -0.25) is 9.78 Å². The van der Waals surface area contributed by atoms with Crippen LogP contribution < -0.4 is 24.8 Å². The lowest BCUT2D eigenvalue weighted by Crippen LogP contribution is -2.15. The van der Waals surface area contributed by atoms with Crippen LogP contribution in [0.4, 0.5) is 17.3 Å². The van der Waals surface area contributed by atoms with Gasteiger partial charge in [-0.25, -0.2) is 18.4 Å². The van der Waals surface area contributed by atoms with E-state index in [1.165, 1.54) is 26.3 Å². The van der Waals surface area contributed by atoms with Crippen molar-refractivity contribution in [3.63, 3.8) is 0 Å². The van der Waals surface area contributed by atoms with E-state index in [1.54, 1.807) is 24.4 Å². The first kappa shape index (κ1) is 22.3. The van der Waals surface area contributed by atoms with Crippen LogP contribution in [0.3, 0.4) is 0 Å². The van der Waals surface area contributed by atoms with Gasteiger partial charge in [0.15, 0.2) is 26.4 Å². The summed E-state index contributed by atoms with van der Waals surface area (Å²) in [6, 6.07) is 6.19. The average Bonchev–Trinajstić information content (AvgIpc) is 2.78. The maximum Gasteiger partial charge on any atom is 0.222 e. The zero-order valence-corrected chi connectivity index (χ0v) is 18.9. The van der Waals surface area contributed by atoms with Gasteiger partial charge in [-0.15, -0.1) is 0 Å². The number of methoxy groups -OCH3 is 1. The maximum absolute atomic E-state index is 12.1. The molecule has 3 aromatic rings. The number of sulfone groups is 1. The van der Waals surface area contributed by atoms with E-state index in [0.29, 0.717) is 47.4 Å². The number of aromatic nitrogens is 3. The highest BCUT2D eigenvalue weighted by molar-refractivity contribution is 7.90. The number of carbonyl (C=O) groups is 1. The fraction of sp³-hybridized carbons (Fsp3) is 0.238. The minimum Gasteiger partial charge on any atom is -0.497 e. The van der Waals surface area contributed by atoms with Crippen molar-refractivity contribution in [1.29, 1.82) is 0 Å². The summed E-state index contributed by atoms with van der Waals surface area (Å²) < 4.78 is 40.5. The molecule has 33 heavy (non-hydrogen) atoms. The number of amides is 1. The lowest BCUT2D eigenvalue weighted by molar-refractivity contribution is -0.114. The standard InChI is InChI=1S/C21H21N5O6S/c1-12(27)24-19-9-16(25-20-6-13(30-2)7-21(26-20)33(3,28)29)14(10-23-19)15-8-17-18(11-22-15)32-5-4-31-17/h6-11H,4-5H2,1-3H3,(H2,23,24,25,26,27). The van der Waals surface area contributed by atoms with Gasteiger partial charge < -0.3 is 24.8 Å². The number of ether oxygens (including phenoxy) is 3. The van der Waals surface area contributed by atoms with Gasteiger partial charge in [0.05, 0.1) is 24.7 Å². The maximum atomic E-state index is 12.1. The number of carbonyl (C=O) groups excluding carboxylic acids is 1. The molecule has 0 fully saturated rings. The second-order valence-corrected chi connectivity index (χ2v) is 9.10. The Morgan fingerprint density at radius 3 is 2.48 bits per heavy atom. The second kappa shape index (κ2) is 8.90. The average molecular weight is 471 g/mol. The monoisotopic (exact) mass is 471 g/mol. The van der Waals surface area contributed by atoms with Crippen LogP contribution in [0.1, 0.15) is 6.92 Å². The van der Waals surface area contributed by atoms with Crippen molar-refractivity contribution in [1.82, 2.24) is 15.0 Å². The molecular weight excluding hydrogens is 450 g/mol. The Kier molecular flexibility index (Phi) is 6.01. The van der Waals surface area contributed by atoms with E-state index in [-0.39, 0.29) is 22.6 Å². The summed E-state index contributed by atoms with van der Waals surface area (Å²) in [5.74, 6) is 1.60. The van der Waals surface area contributed by atoms with E-state index in [9.17, 15) is 13.2 Å². The van der Waals surface area contributed by atoms with Crippen LogP contribution in [0.15, 0.2) is 41.7 Å². The molecule has 0 aliphatic carbocycles. The molecule has 0 atom stereocenters. The van der Waals surface area contributed by atoms with Gasteiger partial charge in [-0.1, -0.05) is 0 Å². The SMILES string of the molecule is COc1cc(Nc2cc(NC(C)=O)ncc2-c2cc3c(cn2)OCCO3)nc(S(C)(=O)=O)c1. The lowest BCUT2D eigenvalue weighted by Gasteiger charge is -2.19. The summed E-state index contributed by atoms with van der Waals surface area (Å²) in [6.45, 7) is 2.23. The van der Waals surface area contributed by atoms with Crippen molar-refractivity contribution in [2.45, 2.75) is 11.9 Å². The molecule has 11 nitrogen and oxygen atoms in total. The number of nitrogens with one attached hydrogen (secondary N) is 2.